The molecule has 2 aromatic rings. The summed E-state index contributed by atoms with van der Waals surface area (Å²) < 4.78 is 4.95. The molecule has 108 valence electrons. The molecule has 1 aromatic heterocycles. The number of nitrogens with one attached hydrogen (secondary N) is 1. The Labute approximate surface area is 122 Å². The summed E-state index contributed by atoms with van der Waals surface area (Å²) in [5.74, 6) is 0.0640. The van der Waals surface area contributed by atoms with Crippen molar-refractivity contribution in [1.29, 1.82) is 5.26 Å². The molecule has 1 heterocycles. The van der Waals surface area contributed by atoms with Gasteiger partial charge in [0.05, 0.1) is 6.07 Å². The maximum Gasteiger partial charge on any atom is 0.237 e. The van der Waals surface area contributed by atoms with Gasteiger partial charge in [0, 0.05) is 13.0 Å². The highest BCUT2D eigenvalue weighted by molar-refractivity contribution is 5.81. The van der Waals surface area contributed by atoms with Crippen LogP contribution >= 0.6 is 0 Å². The number of hydrogen-bond acceptors (Lipinski definition) is 5. The van der Waals surface area contributed by atoms with Crippen LogP contribution in [0.4, 0.5) is 0 Å². The monoisotopic (exact) mass is 284 g/mol. The largest absolute Gasteiger partial charge is 0.354 e. The quantitative estimate of drug-likeness (QED) is 0.866. The summed E-state index contributed by atoms with van der Waals surface area (Å²) in [6.07, 6.45) is 0.860. The predicted molar refractivity (Wildman–Crippen MR) is 75.0 cm³/mol. The normalized spacial score (nSPS) is 11.6. The minimum atomic E-state index is -0.697. The first kappa shape index (κ1) is 14.7. The van der Waals surface area contributed by atoms with E-state index in [-0.39, 0.29) is 5.91 Å². The van der Waals surface area contributed by atoms with Crippen molar-refractivity contribution in [1.82, 2.24) is 15.5 Å². The smallest absolute Gasteiger partial charge is 0.237 e. The number of nitrogens with zero attached hydrogens (tertiary/aromatic N) is 3. The van der Waals surface area contributed by atoms with Gasteiger partial charge in [0.15, 0.2) is 5.82 Å². The Morgan fingerprint density at radius 2 is 2.19 bits per heavy atom. The lowest BCUT2D eigenvalue weighted by Gasteiger charge is -2.09. The zero-order chi connectivity index (χ0) is 15.1. The van der Waals surface area contributed by atoms with E-state index >= 15 is 0 Å². The molecule has 1 atom stereocenters. The molecular weight excluding hydrogens is 268 g/mol. The Morgan fingerprint density at radius 1 is 1.43 bits per heavy atom. The second-order valence-electron chi connectivity index (χ2n) is 4.65. The molecule has 0 fully saturated rings. The van der Waals surface area contributed by atoms with Gasteiger partial charge in [-0.2, -0.15) is 10.2 Å². The lowest BCUT2D eigenvalue weighted by Crippen LogP contribution is -2.32. The molecule has 0 aliphatic rings. The number of aryl methyl sites for hydroxylation is 1. The summed E-state index contributed by atoms with van der Waals surface area (Å²) in [7, 11) is 0. The van der Waals surface area contributed by atoms with Gasteiger partial charge in [-0.05, 0) is 18.9 Å². The van der Waals surface area contributed by atoms with Gasteiger partial charge >= 0.3 is 0 Å². The molecule has 6 nitrogen and oxygen atoms in total. The fourth-order valence-electron chi connectivity index (χ4n) is 1.90. The molecule has 0 saturated heterocycles. The highest BCUT2D eigenvalue weighted by Gasteiger charge is 2.18. The lowest BCUT2D eigenvalue weighted by atomic mass is 10.00. The van der Waals surface area contributed by atoms with Crippen LogP contribution in [0.2, 0.25) is 0 Å². The van der Waals surface area contributed by atoms with Gasteiger partial charge in [-0.15, -0.1) is 0 Å². The van der Waals surface area contributed by atoms with Crippen molar-refractivity contribution >= 4 is 5.91 Å². The second kappa shape index (κ2) is 7.20. The summed E-state index contributed by atoms with van der Waals surface area (Å²) in [5.41, 5.74) is 0.965. The topological polar surface area (TPSA) is 91.8 Å². The van der Waals surface area contributed by atoms with Crippen LogP contribution in [0.25, 0.3) is 0 Å². The fraction of sp³-hybridized carbons (Fsp3) is 0.333. The van der Waals surface area contributed by atoms with E-state index < -0.39 is 5.92 Å². The Kier molecular flexibility index (Phi) is 5.04. The van der Waals surface area contributed by atoms with E-state index in [0.29, 0.717) is 31.1 Å². The van der Waals surface area contributed by atoms with E-state index in [0.717, 1.165) is 5.56 Å². The second-order valence-corrected chi connectivity index (χ2v) is 4.65. The van der Waals surface area contributed by atoms with Crippen molar-refractivity contribution in [3.63, 3.8) is 0 Å². The van der Waals surface area contributed by atoms with Crippen LogP contribution in [-0.2, 0) is 17.6 Å². The van der Waals surface area contributed by atoms with Crippen molar-refractivity contribution in [3.8, 4) is 6.07 Å². The Bertz CT molecular complexity index is 631. The molecular formula is C15H16N4O2. The highest BCUT2D eigenvalue weighted by atomic mass is 16.5. The Balaban J connectivity index is 1.82. The van der Waals surface area contributed by atoms with E-state index in [1.807, 2.05) is 36.4 Å². The SMILES string of the molecule is Cc1noc(CCNC(=O)C(C#N)Cc2ccccc2)n1. The van der Waals surface area contributed by atoms with Crippen LogP contribution in [0.3, 0.4) is 0 Å². The van der Waals surface area contributed by atoms with Gasteiger partial charge in [0.2, 0.25) is 11.8 Å². The molecule has 1 unspecified atom stereocenters. The molecule has 2 rings (SSSR count). The molecule has 0 saturated carbocycles. The van der Waals surface area contributed by atoms with Gasteiger partial charge < -0.3 is 9.84 Å². The number of amides is 1. The Hall–Kier alpha value is -2.68. The molecule has 1 N–H and O–H groups in total. The van der Waals surface area contributed by atoms with Gasteiger partial charge in [0.25, 0.3) is 0 Å². The van der Waals surface area contributed by atoms with Crippen LogP contribution < -0.4 is 5.32 Å². The number of hydrogen-bond donors (Lipinski definition) is 1. The van der Waals surface area contributed by atoms with Gasteiger partial charge in [0.1, 0.15) is 5.92 Å². The van der Waals surface area contributed by atoms with Crippen molar-refractivity contribution in [2.24, 2.45) is 5.92 Å². The maximum absolute atomic E-state index is 12.0. The fourth-order valence-corrected chi connectivity index (χ4v) is 1.90. The van der Waals surface area contributed by atoms with Crippen LogP contribution in [0, 0.1) is 24.2 Å². The van der Waals surface area contributed by atoms with Crippen molar-refractivity contribution in [2.75, 3.05) is 6.54 Å². The van der Waals surface area contributed by atoms with Gasteiger partial charge in [-0.25, -0.2) is 0 Å². The van der Waals surface area contributed by atoms with Crippen LogP contribution in [-0.4, -0.2) is 22.6 Å². The van der Waals surface area contributed by atoms with Gasteiger partial charge in [-0.3, -0.25) is 4.79 Å². The molecule has 1 aromatic carbocycles. The first-order valence-corrected chi connectivity index (χ1v) is 6.69. The number of nitriles is 1. The number of rotatable bonds is 6. The van der Waals surface area contributed by atoms with Crippen molar-refractivity contribution < 1.29 is 9.32 Å². The minimum absolute atomic E-state index is 0.280. The molecule has 0 bridgehead atoms. The molecule has 0 aliphatic heterocycles. The molecule has 21 heavy (non-hydrogen) atoms. The number of carbonyl (C=O) groups is 1. The molecule has 0 spiro atoms. The summed E-state index contributed by atoms with van der Waals surface area (Å²) in [4.78, 5) is 16.0. The third-order valence-corrected chi connectivity index (χ3v) is 2.96. The molecule has 1 amide bonds. The minimum Gasteiger partial charge on any atom is -0.354 e. The number of aromatic nitrogens is 2. The molecule has 6 heteroatoms. The zero-order valence-electron chi connectivity index (χ0n) is 11.7. The van der Waals surface area contributed by atoms with E-state index in [4.69, 9.17) is 9.78 Å². The maximum atomic E-state index is 12.0. The third kappa shape index (κ3) is 4.42. The van der Waals surface area contributed by atoms with Gasteiger partial charge in [-0.1, -0.05) is 35.5 Å². The van der Waals surface area contributed by atoms with Crippen molar-refractivity contribution in [3.05, 3.63) is 47.6 Å². The van der Waals surface area contributed by atoms with Crippen LogP contribution in [0.5, 0.6) is 0 Å². The predicted octanol–water partition coefficient (Wildman–Crippen LogP) is 1.42. The van der Waals surface area contributed by atoms with E-state index in [1.165, 1.54) is 0 Å². The zero-order valence-corrected chi connectivity index (χ0v) is 11.7. The summed E-state index contributed by atoms with van der Waals surface area (Å²) >= 11 is 0. The van der Waals surface area contributed by atoms with E-state index in [2.05, 4.69) is 15.5 Å². The van der Waals surface area contributed by atoms with E-state index in [1.54, 1.807) is 6.92 Å². The van der Waals surface area contributed by atoms with Crippen LogP contribution in [0.1, 0.15) is 17.3 Å². The lowest BCUT2D eigenvalue weighted by molar-refractivity contribution is -0.123. The molecule has 0 radical (unpaired) electrons. The van der Waals surface area contributed by atoms with Crippen LogP contribution in [0.15, 0.2) is 34.9 Å². The average molecular weight is 284 g/mol. The standard InChI is InChI=1S/C15H16N4O2/c1-11-18-14(21-19-11)7-8-17-15(20)13(10-16)9-12-5-3-2-4-6-12/h2-6,13H,7-9H2,1H3,(H,17,20). The summed E-state index contributed by atoms with van der Waals surface area (Å²) in [6.45, 7) is 2.10. The summed E-state index contributed by atoms with van der Waals surface area (Å²) in [5, 5.41) is 15.5. The highest BCUT2D eigenvalue weighted by Crippen LogP contribution is 2.08. The first-order chi connectivity index (χ1) is 10.2. The summed E-state index contributed by atoms with van der Waals surface area (Å²) in [6, 6.07) is 11.5. The first-order valence-electron chi connectivity index (χ1n) is 6.69. The van der Waals surface area contributed by atoms with Crippen molar-refractivity contribution in [2.45, 2.75) is 19.8 Å². The third-order valence-electron chi connectivity index (χ3n) is 2.96. The number of benzene rings is 1. The van der Waals surface area contributed by atoms with E-state index in [9.17, 15) is 4.79 Å². The Morgan fingerprint density at radius 3 is 2.81 bits per heavy atom. The average Bonchev–Trinajstić information content (AvgIpc) is 2.91. The molecule has 0 aliphatic carbocycles. The number of carbonyl (C=O) groups excluding carboxylic acids is 1.